The minimum Gasteiger partial charge on any atom is -0.280 e. The van der Waals surface area contributed by atoms with Gasteiger partial charge in [0.2, 0.25) is 0 Å². The van der Waals surface area contributed by atoms with Crippen molar-refractivity contribution in [3.05, 3.63) is 88.2 Å². The Labute approximate surface area is 133 Å². The average molecular weight is 307 g/mol. The number of fused-ring (bicyclic) bond motifs is 1. The molecule has 114 valence electrons. The molecule has 23 heavy (non-hydrogen) atoms. The van der Waals surface area contributed by atoms with E-state index in [9.17, 15) is 14.9 Å². The lowest BCUT2D eigenvalue weighted by molar-refractivity contribution is -0.689. The second kappa shape index (κ2) is 6.36. The van der Waals surface area contributed by atoms with E-state index in [0.717, 1.165) is 16.3 Å². The second-order valence-corrected chi connectivity index (χ2v) is 5.28. The molecule has 0 fully saturated rings. The van der Waals surface area contributed by atoms with Crippen LogP contribution in [0.4, 0.5) is 0 Å². The van der Waals surface area contributed by atoms with Crippen LogP contribution in [0, 0.1) is 10.1 Å². The SMILES string of the molecule is O=C(C[N+](=O)[O-])c1c2ccccc2cc[n+]1Cc1ccccc1. The second-order valence-electron chi connectivity index (χ2n) is 5.28. The van der Waals surface area contributed by atoms with Gasteiger partial charge in [-0.25, -0.2) is 0 Å². The van der Waals surface area contributed by atoms with Gasteiger partial charge >= 0.3 is 0 Å². The molecule has 0 radical (unpaired) electrons. The molecule has 2 aromatic carbocycles. The van der Waals surface area contributed by atoms with Gasteiger partial charge in [-0.2, -0.15) is 4.57 Å². The summed E-state index contributed by atoms with van der Waals surface area (Å²) in [6, 6.07) is 19.0. The Kier molecular flexibility index (Phi) is 4.10. The number of carbonyl (C=O) groups is 1. The van der Waals surface area contributed by atoms with Crippen molar-refractivity contribution < 1.29 is 14.3 Å². The summed E-state index contributed by atoms with van der Waals surface area (Å²) >= 11 is 0. The fourth-order valence-corrected chi connectivity index (χ4v) is 2.67. The van der Waals surface area contributed by atoms with Crippen LogP contribution in [0.15, 0.2) is 66.9 Å². The Balaban J connectivity index is 2.13. The van der Waals surface area contributed by atoms with Crippen molar-refractivity contribution in [2.45, 2.75) is 6.54 Å². The lowest BCUT2D eigenvalue weighted by Crippen LogP contribution is -2.42. The van der Waals surface area contributed by atoms with Gasteiger partial charge in [-0.1, -0.05) is 48.5 Å². The largest absolute Gasteiger partial charge is 0.297 e. The molecule has 0 aliphatic carbocycles. The Hall–Kier alpha value is -3.08. The standard InChI is InChI=1S/C18H15N2O3/c21-17(13-20(22)23)18-16-9-5-4-8-15(16)10-11-19(18)12-14-6-2-1-3-7-14/h1-11H,12-13H2/q+1. The van der Waals surface area contributed by atoms with Crippen molar-refractivity contribution in [2.24, 2.45) is 0 Å². The van der Waals surface area contributed by atoms with Crippen molar-refractivity contribution in [2.75, 3.05) is 6.54 Å². The first kappa shape index (κ1) is 14.8. The highest BCUT2D eigenvalue weighted by Gasteiger charge is 2.26. The molecule has 0 atom stereocenters. The molecule has 5 heteroatoms. The van der Waals surface area contributed by atoms with Gasteiger partial charge in [0.1, 0.15) is 0 Å². The molecule has 0 amide bonds. The fourth-order valence-electron chi connectivity index (χ4n) is 2.67. The summed E-state index contributed by atoms with van der Waals surface area (Å²) in [5.74, 6) is -0.484. The normalized spacial score (nSPS) is 10.6. The van der Waals surface area contributed by atoms with E-state index in [1.807, 2.05) is 66.9 Å². The third kappa shape index (κ3) is 3.23. The molecular formula is C18H15N2O3+. The van der Waals surface area contributed by atoms with Crippen molar-refractivity contribution >= 4 is 16.6 Å². The van der Waals surface area contributed by atoms with Crippen molar-refractivity contribution in [1.29, 1.82) is 0 Å². The van der Waals surface area contributed by atoms with Gasteiger partial charge in [-0.3, -0.25) is 14.9 Å². The molecule has 3 rings (SSSR count). The number of benzene rings is 2. The van der Waals surface area contributed by atoms with Crippen molar-refractivity contribution in [3.8, 4) is 0 Å². The molecule has 0 bridgehead atoms. The monoisotopic (exact) mass is 307 g/mol. The number of pyridine rings is 1. The number of nitro groups is 1. The van der Waals surface area contributed by atoms with Crippen LogP contribution in [-0.4, -0.2) is 17.3 Å². The molecule has 1 aromatic heterocycles. The van der Waals surface area contributed by atoms with Crippen LogP contribution in [0.2, 0.25) is 0 Å². The van der Waals surface area contributed by atoms with Gasteiger partial charge in [-0.05, 0) is 11.5 Å². The van der Waals surface area contributed by atoms with E-state index in [1.165, 1.54) is 0 Å². The molecule has 0 saturated heterocycles. The maximum atomic E-state index is 12.4. The van der Waals surface area contributed by atoms with Gasteiger partial charge in [-0.15, -0.1) is 0 Å². The number of rotatable bonds is 5. The first-order chi connectivity index (χ1) is 11.1. The number of Topliss-reactive ketones (excluding diaryl/α,β-unsaturated/α-hetero) is 1. The fraction of sp³-hybridized carbons (Fsp3) is 0.111. The van der Waals surface area contributed by atoms with Crippen LogP contribution in [0.1, 0.15) is 16.1 Å². The predicted molar refractivity (Wildman–Crippen MR) is 85.9 cm³/mol. The molecule has 5 nitrogen and oxygen atoms in total. The summed E-state index contributed by atoms with van der Waals surface area (Å²) < 4.78 is 1.78. The van der Waals surface area contributed by atoms with Crippen LogP contribution in [-0.2, 0) is 6.54 Å². The Bertz CT molecular complexity index is 876. The molecule has 0 spiro atoms. The van der Waals surface area contributed by atoms with Crippen LogP contribution in [0.25, 0.3) is 10.8 Å². The average Bonchev–Trinajstić information content (AvgIpc) is 2.55. The molecule has 0 unspecified atom stereocenters. The van der Waals surface area contributed by atoms with Gasteiger partial charge in [0.15, 0.2) is 12.7 Å². The summed E-state index contributed by atoms with van der Waals surface area (Å²) in [6.07, 6.45) is 1.81. The van der Waals surface area contributed by atoms with Gasteiger partial charge < -0.3 is 0 Å². The minimum atomic E-state index is -0.706. The summed E-state index contributed by atoms with van der Waals surface area (Å²) in [6.45, 7) is -0.215. The van der Waals surface area contributed by atoms with Crippen LogP contribution in [0.3, 0.4) is 0 Å². The van der Waals surface area contributed by atoms with Crippen LogP contribution < -0.4 is 4.57 Å². The van der Waals surface area contributed by atoms with E-state index in [2.05, 4.69) is 0 Å². The number of hydrogen-bond donors (Lipinski definition) is 0. The van der Waals surface area contributed by atoms with Gasteiger partial charge in [0, 0.05) is 16.6 Å². The topological polar surface area (TPSA) is 64.1 Å². The lowest BCUT2D eigenvalue weighted by atomic mass is 10.1. The van der Waals surface area contributed by atoms with Crippen molar-refractivity contribution in [1.82, 2.24) is 0 Å². The number of nitrogens with zero attached hydrogens (tertiary/aromatic N) is 2. The van der Waals surface area contributed by atoms with Crippen LogP contribution >= 0.6 is 0 Å². The zero-order chi connectivity index (χ0) is 16.2. The molecule has 0 aliphatic heterocycles. The number of ketones is 1. The summed E-state index contributed by atoms with van der Waals surface area (Å²) in [5, 5.41) is 12.4. The zero-order valence-electron chi connectivity index (χ0n) is 12.4. The predicted octanol–water partition coefficient (Wildman–Crippen LogP) is 2.64. The highest BCUT2D eigenvalue weighted by Crippen LogP contribution is 2.16. The van der Waals surface area contributed by atoms with E-state index >= 15 is 0 Å². The van der Waals surface area contributed by atoms with Gasteiger partial charge in [0.25, 0.3) is 18.0 Å². The number of carbonyl (C=O) groups excluding carboxylic acids is 1. The molecule has 0 saturated carbocycles. The maximum Gasteiger partial charge on any atom is 0.297 e. The van der Waals surface area contributed by atoms with E-state index < -0.39 is 17.3 Å². The minimum absolute atomic E-state index is 0.378. The Morgan fingerprint density at radius 1 is 1.00 bits per heavy atom. The smallest absolute Gasteiger partial charge is 0.280 e. The Morgan fingerprint density at radius 2 is 1.70 bits per heavy atom. The lowest BCUT2D eigenvalue weighted by Gasteiger charge is -2.06. The molecule has 1 heterocycles. The van der Waals surface area contributed by atoms with E-state index in [4.69, 9.17) is 0 Å². The number of aromatic nitrogens is 1. The molecule has 0 N–H and O–H groups in total. The molecular weight excluding hydrogens is 292 g/mol. The maximum absolute atomic E-state index is 12.4. The van der Waals surface area contributed by atoms with Crippen molar-refractivity contribution in [3.63, 3.8) is 0 Å². The van der Waals surface area contributed by atoms with E-state index in [1.54, 1.807) is 4.57 Å². The first-order valence-electron chi connectivity index (χ1n) is 7.25. The van der Waals surface area contributed by atoms with Crippen LogP contribution in [0.5, 0.6) is 0 Å². The molecule has 0 aliphatic rings. The summed E-state index contributed by atoms with van der Waals surface area (Å²) in [5.41, 5.74) is 1.41. The first-order valence-corrected chi connectivity index (χ1v) is 7.25. The highest BCUT2D eigenvalue weighted by atomic mass is 16.6. The quantitative estimate of drug-likeness (QED) is 0.315. The van der Waals surface area contributed by atoms with E-state index in [0.29, 0.717) is 12.2 Å². The van der Waals surface area contributed by atoms with Gasteiger partial charge in [0.05, 0.1) is 5.39 Å². The zero-order valence-corrected chi connectivity index (χ0v) is 12.4. The molecule has 3 aromatic rings. The summed E-state index contributed by atoms with van der Waals surface area (Å²) in [7, 11) is 0. The Morgan fingerprint density at radius 3 is 2.43 bits per heavy atom. The summed E-state index contributed by atoms with van der Waals surface area (Å²) in [4.78, 5) is 22.6. The third-order valence-corrected chi connectivity index (χ3v) is 3.67. The highest BCUT2D eigenvalue weighted by molar-refractivity contribution is 6.05. The number of hydrogen-bond acceptors (Lipinski definition) is 3. The van der Waals surface area contributed by atoms with E-state index in [-0.39, 0.29) is 0 Å². The third-order valence-electron chi connectivity index (χ3n) is 3.67.